The van der Waals surface area contributed by atoms with E-state index in [2.05, 4.69) is 10.5 Å². The van der Waals surface area contributed by atoms with Gasteiger partial charge in [-0.05, 0) is 36.8 Å². The van der Waals surface area contributed by atoms with Gasteiger partial charge < -0.3 is 16.3 Å². The lowest BCUT2D eigenvalue weighted by Gasteiger charge is -2.18. The van der Waals surface area contributed by atoms with Crippen molar-refractivity contribution < 1.29 is 5.21 Å². The topological polar surface area (TPSA) is 70.6 Å². The molecule has 1 aliphatic rings. The smallest absolute Gasteiger partial charge is 0.139 e. The summed E-state index contributed by atoms with van der Waals surface area (Å²) in [5.74, 6) is 0.296. The summed E-state index contributed by atoms with van der Waals surface area (Å²) in [7, 11) is 0. The fourth-order valence-corrected chi connectivity index (χ4v) is 2.43. The summed E-state index contributed by atoms with van der Waals surface area (Å²) in [6.45, 7) is 2.82. The molecule has 1 aromatic rings. The van der Waals surface area contributed by atoms with Gasteiger partial charge in [0.05, 0.1) is 10.7 Å². The summed E-state index contributed by atoms with van der Waals surface area (Å²) >= 11 is 6.16. The van der Waals surface area contributed by atoms with Crippen LogP contribution in [0.3, 0.4) is 0 Å². The number of oxime groups is 1. The van der Waals surface area contributed by atoms with E-state index in [9.17, 15) is 0 Å². The largest absolute Gasteiger partial charge is 0.409 e. The van der Waals surface area contributed by atoms with E-state index in [1.807, 2.05) is 25.1 Å². The van der Waals surface area contributed by atoms with Crippen molar-refractivity contribution in [1.29, 1.82) is 0 Å². The average molecular weight is 268 g/mol. The molecule has 0 unspecified atom stereocenters. The third-order valence-electron chi connectivity index (χ3n) is 3.50. The Kier molecular flexibility index (Phi) is 3.66. The third kappa shape index (κ3) is 2.88. The third-order valence-corrected chi connectivity index (χ3v) is 3.82. The lowest BCUT2D eigenvalue weighted by atomic mass is 10.0. The quantitative estimate of drug-likeness (QED) is 0.332. The minimum absolute atomic E-state index is 0.127. The first-order chi connectivity index (χ1) is 8.56. The van der Waals surface area contributed by atoms with Crippen molar-refractivity contribution in [3.8, 4) is 0 Å². The number of para-hydroxylation sites is 1. The van der Waals surface area contributed by atoms with Gasteiger partial charge in [-0.3, -0.25) is 0 Å². The number of amidine groups is 1. The van der Waals surface area contributed by atoms with Crippen LogP contribution in [0.1, 0.15) is 24.8 Å². The number of hydrogen-bond donors (Lipinski definition) is 3. The predicted molar refractivity (Wildman–Crippen MR) is 74.4 cm³/mol. The van der Waals surface area contributed by atoms with Crippen LogP contribution in [0.2, 0.25) is 5.02 Å². The molecule has 5 heteroatoms. The number of benzene rings is 1. The molecule has 18 heavy (non-hydrogen) atoms. The van der Waals surface area contributed by atoms with Gasteiger partial charge >= 0.3 is 0 Å². The molecule has 0 spiro atoms. The van der Waals surface area contributed by atoms with Gasteiger partial charge in [0.1, 0.15) is 5.84 Å². The molecule has 0 heterocycles. The van der Waals surface area contributed by atoms with Crippen molar-refractivity contribution in [1.82, 2.24) is 0 Å². The van der Waals surface area contributed by atoms with E-state index in [-0.39, 0.29) is 5.41 Å². The van der Waals surface area contributed by atoms with Crippen LogP contribution >= 0.6 is 11.6 Å². The summed E-state index contributed by atoms with van der Waals surface area (Å²) < 4.78 is 0. The molecule has 0 saturated heterocycles. The van der Waals surface area contributed by atoms with E-state index in [1.54, 1.807) is 0 Å². The van der Waals surface area contributed by atoms with Gasteiger partial charge in [0.2, 0.25) is 0 Å². The van der Waals surface area contributed by atoms with E-state index in [0.29, 0.717) is 12.3 Å². The highest BCUT2D eigenvalue weighted by atomic mass is 35.5. The Labute approximate surface area is 112 Å². The van der Waals surface area contributed by atoms with Crippen LogP contribution in [0.25, 0.3) is 0 Å². The molecule has 2 rings (SSSR count). The van der Waals surface area contributed by atoms with E-state index >= 15 is 0 Å². The number of nitrogens with zero attached hydrogens (tertiary/aromatic N) is 1. The van der Waals surface area contributed by atoms with E-state index in [4.69, 9.17) is 22.5 Å². The molecule has 0 aromatic heterocycles. The number of aryl methyl sites for hydroxylation is 1. The molecule has 4 N–H and O–H groups in total. The van der Waals surface area contributed by atoms with Crippen molar-refractivity contribution >= 4 is 23.1 Å². The van der Waals surface area contributed by atoms with Gasteiger partial charge in [0.25, 0.3) is 0 Å². The predicted octanol–water partition coefficient (Wildman–Crippen LogP) is 2.98. The van der Waals surface area contributed by atoms with Crippen LogP contribution in [-0.4, -0.2) is 17.6 Å². The second kappa shape index (κ2) is 5.06. The maximum Gasteiger partial charge on any atom is 0.139 e. The zero-order chi connectivity index (χ0) is 13.2. The van der Waals surface area contributed by atoms with Crippen LogP contribution < -0.4 is 11.1 Å². The number of nitrogens with two attached hydrogens (primary N) is 1. The van der Waals surface area contributed by atoms with Crippen LogP contribution in [0.15, 0.2) is 23.4 Å². The fraction of sp³-hybridized carbons (Fsp3) is 0.462. The van der Waals surface area contributed by atoms with Gasteiger partial charge in [-0.1, -0.05) is 28.9 Å². The Morgan fingerprint density at radius 3 is 2.83 bits per heavy atom. The summed E-state index contributed by atoms with van der Waals surface area (Å²) in [4.78, 5) is 0. The molecule has 0 aliphatic heterocycles. The molecule has 1 fully saturated rings. The van der Waals surface area contributed by atoms with Gasteiger partial charge in [0, 0.05) is 13.0 Å². The van der Waals surface area contributed by atoms with Crippen LogP contribution in [0.5, 0.6) is 0 Å². The zero-order valence-corrected chi connectivity index (χ0v) is 11.2. The Bertz CT molecular complexity index is 449. The number of hydrogen-bond acceptors (Lipinski definition) is 3. The second-order valence-corrected chi connectivity index (χ2v) is 5.46. The lowest BCUT2D eigenvalue weighted by molar-refractivity contribution is 0.315. The number of rotatable bonds is 5. The van der Waals surface area contributed by atoms with Gasteiger partial charge in [-0.25, -0.2) is 0 Å². The standard InChI is InChI=1S/C13H18ClN3O/c1-9-3-2-4-10(14)12(9)16-8-13(5-6-13)7-11(15)17-18/h2-4,16,18H,5-8H2,1H3,(H2,15,17). The number of nitrogens with one attached hydrogen (secondary N) is 1. The van der Waals surface area contributed by atoms with Crippen LogP contribution in [0.4, 0.5) is 5.69 Å². The van der Waals surface area contributed by atoms with Gasteiger partial charge in [-0.15, -0.1) is 0 Å². The molecular weight excluding hydrogens is 250 g/mol. The highest BCUT2D eigenvalue weighted by Gasteiger charge is 2.43. The zero-order valence-electron chi connectivity index (χ0n) is 10.4. The molecule has 0 bridgehead atoms. The Hall–Kier alpha value is -1.42. The Balaban J connectivity index is 2.00. The fourth-order valence-electron chi connectivity index (χ4n) is 2.14. The maximum atomic E-state index is 8.62. The SMILES string of the molecule is Cc1cccc(Cl)c1NCC1(CC(N)=NO)CC1. The highest BCUT2D eigenvalue weighted by molar-refractivity contribution is 6.33. The van der Waals surface area contributed by atoms with Crippen molar-refractivity contribution in [3.63, 3.8) is 0 Å². The Morgan fingerprint density at radius 2 is 2.28 bits per heavy atom. The highest BCUT2D eigenvalue weighted by Crippen LogP contribution is 2.49. The van der Waals surface area contributed by atoms with Gasteiger partial charge in [-0.2, -0.15) is 0 Å². The molecule has 4 nitrogen and oxygen atoms in total. The van der Waals surface area contributed by atoms with Crippen molar-refractivity contribution in [2.24, 2.45) is 16.3 Å². The molecule has 0 amide bonds. The van der Waals surface area contributed by atoms with Crippen molar-refractivity contribution in [3.05, 3.63) is 28.8 Å². The molecular formula is C13H18ClN3O. The second-order valence-electron chi connectivity index (χ2n) is 5.05. The molecule has 0 radical (unpaired) electrons. The Morgan fingerprint density at radius 1 is 1.56 bits per heavy atom. The summed E-state index contributed by atoms with van der Waals surface area (Å²) in [6, 6.07) is 5.84. The first kappa shape index (κ1) is 13.0. The van der Waals surface area contributed by atoms with Gasteiger partial charge in [0.15, 0.2) is 0 Å². The van der Waals surface area contributed by atoms with Crippen LogP contribution in [-0.2, 0) is 0 Å². The normalized spacial score (nSPS) is 17.6. The van der Waals surface area contributed by atoms with Crippen molar-refractivity contribution in [2.75, 3.05) is 11.9 Å². The van der Waals surface area contributed by atoms with Crippen molar-refractivity contribution in [2.45, 2.75) is 26.2 Å². The summed E-state index contributed by atoms with van der Waals surface area (Å²) in [5, 5.41) is 15.8. The molecule has 1 saturated carbocycles. The maximum absolute atomic E-state index is 8.62. The first-order valence-electron chi connectivity index (χ1n) is 6.02. The molecule has 0 atom stereocenters. The average Bonchev–Trinajstić information content (AvgIpc) is 3.08. The first-order valence-corrected chi connectivity index (χ1v) is 6.39. The number of halogens is 1. The van der Waals surface area contributed by atoms with E-state index in [0.717, 1.165) is 35.7 Å². The molecule has 1 aromatic carbocycles. The number of anilines is 1. The van der Waals surface area contributed by atoms with E-state index < -0.39 is 0 Å². The van der Waals surface area contributed by atoms with Crippen LogP contribution in [0, 0.1) is 12.3 Å². The molecule has 1 aliphatic carbocycles. The lowest BCUT2D eigenvalue weighted by Crippen LogP contribution is -2.24. The van der Waals surface area contributed by atoms with E-state index in [1.165, 1.54) is 0 Å². The summed E-state index contributed by atoms with van der Waals surface area (Å²) in [6.07, 6.45) is 2.82. The minimum Gasteiger partial charge on any atom is -0.409 e. The summed E-state index contributed by atoms with van der Waals surface area (Å²) in [5.41, 5.74) is 7.80. The monoisotopic (exact) mass is 267 g/mol. The minimum atomic E-state index is 0.127. The molecule has 98 valence electrons.